The van der Waals surface area contributed by atoms with Crippen LogP contribution in [-0.2, 0) is 4.79 Å². The van der Waals surface area contributed by atoms with Gasteiger partial charge in [0.2, 0.25) is 5.91 Å². The second-order valence-corrected chi connectivity index (χ2v) is 8.07. The van der Waals surface area contributed by atoms with Gasteiger partial charge in [-0.05, 0) is 56.8 Å². The number of hydrogen-bond acceptors (Lipinski definition) is 7. The second-order valence-electron chi connectivity index (χ2n) is 7.63. The number of nitrogens with zero attached hydrogens (tertiary/aromatic N) is 4. The van der Waals surface area contributed by atoms with Gasteiger partial charge >= 0.3 is 0 Å². The van der Waals surface area contributed by atoms with Gasteiger partial charge in [-0.15, -0.1) is 0 Å². The number of likely N-dealkylation sites (N-methyl/N-ethyl adjacent to an activating group) is 1. The summed E-state index contributed by atoms with van der Waals surface area (Å²) in [6.07, 6.45) is 2.87. The van der Waals surface area contributed by atoms with Gasteiger partial charge in [0, 0.05) is 17.1 Å². The van der Waals surface area contributed by atoms with Gasteiger partial charge in [0.15, 0.2) is 0 Å². The normalized spacial score (nSPS) is 11.8. The molecule has 9 nitrogen and oxygen atoms in total. The predicted molar refractivity (Wildman–Crippen MR) is 132 cm³/mol. The fraction of sp³-hybridized carbons (Fsp3) is 0.167. The molecule has 172 valence electrons. The van der Waals surface area contributed by atoms with Crippen LogP contribution in [0.1, 0.15) is 23.0 Å². The molecular weight excluding hydrogens is 454 g/mol. The van der Waals surface area contributed by atoms with Gasteiger partial charge in [-0.3, -0.25) is 9.59 Å². The third kappa shape index (κ3) is 5.00. The smallest absolute Gasteiger partial charge is 0.275 e. The van der Waals surface area contributed by atoms with Crippen molar-refractivity contribution in [3.05, 3.63) is 71.3 Å². The molecule has 0 aliphatic rings. The van der Waals surface area contributed by atoms with Crippen LogP contribution in [0.25, 0.3) is 22.2 Å². The highest BCUT2D eigenvalue weighted by atomic mass is 35.5. The summed E-state index contributed by atoms with van der Waals surface area (Å²) in [4.78, 5) is 42.5. The Morgan fingerprint density at radius 1 is 1.00 bits per heavy atom. The maximum Gasteiger partial charge on any atom is 0.275 e. The van der Waals surface area contributed by atoms with E-state index in [1.54, 1.807) is 32.2 Å². The van der Waals surface area contributed by atoms with Crippen molar-refractivity contribution in [3.63, 3.8) is 0 Å². The number of anilines is 2. The number of carbonyl (C=O) groups is 2. The number of nitrogens with one attached hydrogen (secondary N) is 3. The number of aryl methyl sites for hydroxylation is 1. The quantitative estimate of drug-likeness (QED) is 0.387. The zero-order valence-electron chi connectivity index (χ0n) is 18.8. The molecule has 3 heterocycles. The molecule has 0 aliphatic carbocycles. The van der Waals surface area contributed by atoms with E-state index in [4.69, 9.17) is 11.6 Å². The summed E-state index contributed by atoms with van der Waals surface area (Å²) in [5.74, 6) is -0.241. The van der Waals surface area contributed by atoms with Gasteiger partial charge in [-0.1, -0.05) is 23.7 Å². The molecule has 0 bridgehead atoms. The molecule has 1 unspecified atom stereocenters. The Balaban J connectivity index is 1.79. The molecule has 2 amide bonds. The number of amides is 2. The number of rotatable bonds is 6. The fourth-order valence-electron chi connectivity index (χ4n) is 3.35. The summed E-state index contributed by atoms with van der Waals surface area (Å²) in [6, 6.07) is 11.9. The van der Waals surface area contributed by atoms with E-state index in [0.717, 1.165) is 16.5 Å². The van der Waals surface area contributed by atoms with E-state index in [1.807, 2.05) is 25.1 Å². The molecule has 4 aromatic rings. The highest BCUT2D eigenvalue weighted by molar-refractivity contribution is 6.30. The lowest BCUT2D eigenvalue weighted by Gasteiger charge is -2.14. The van der Waals surface area contributed by atoms with Crippen LogP contribution >= 0.6 is 11.6 Å². The molecule has 1 aromatic carbocycles. The lowest BCUT2D eigenvalue weighted by atomic mass is 10.0. The van der Waals surface area contributed by atoms with Gasteiger partial charge in [0.1, 0.15) is 23.7 Å². The van der Waals surface area contributed by atoms with Crippen molar-refractivity contribution >= 4 is 46.0 Å². The summed E-state index contributed by atoms with van der Waals surface area (Å²) in [5, 5.41) is 9.71. The second kappa shape index (κ2) is 9.90. The largest absolute Gasteiger partial charge is 0.309 e. The Bertz CT molecular complexity index is 1370. The number of pyridine rings is 2. The Morgan fingerprint density at radius 3 is 2.47 bits per heavy atom. The summed E-state index contributed by atoms with van der Waals surface area (Å²) in [6.45, 7) is 3.71. The first-order valence-electron chi connectivity index (χ1n) is 10.5. The van der Waals surface area contributed by atoms with Crippen molar-refractivity contribution in [2.45, 2.75) is 19.9 Å². The van der Waals surface area contributed by atoms with Crippen LogP contribution in [0.15, 0.2) is 55.0 Å². The first-order chi connectivity index (χ1) is 16.4. The highest BCUT2D eigenvalue weighted by Crippen LogP contribution is 2.31. The Hall–Kier alpha value is -3.95. The number of fused-ring (bicyclic) bond motifs is 1. The van der Waals surface area contributed by atoms with Crippen LogP contribution in [0.5, 0.6) is 0 Å². The average molecular weight is 476 g/mol. The Morgan fingerprint density at radius 2 is 1.76 bits per heavy atom. The minimum Gasteiger partial charge on any atom is -0.309 e. The van der Waals surface area contributed by atoms with Crippen LogP contribution in [0.3, 0.4) is 0 Å². The van der Waals surface area contributed by atoms with E-state index in [0.29, 0.717) is 16.3 Å². The molecular formula is C24H22ClN7O2. The highest BCUT2D eigenvalue weighted by Gasteiger charge is 2.17. The number of halogens is 1. The summed E-state index contributed by atoms with van der Waals surface area (Å²) in [7, 11) is 1.69. The third-order valence-corrected chi connectivity index (χ3v) is 5.47. The number of aromatic nitrogens is 4. The van der Waals surface area contributed by atoms with Crippen molar-refractivity contribution < 1.29 is 9.59 Å². The summed E-state index contributed by atoms with van der Waals surface area (Å²) < 4.78 is 0. The molecule has 3 N–H and O–H groups in total. The van der Waals surface area contributed by atoms with Crippen molar-refractivity contribution in [2.24, 2.45) is 0 Å². The van der Waals surface area contributed by atoms with Crippen molar-refractivity contribution in [1.82, 2.24) is 25.3 Å². The molecule has 0 saturated carbocycles. The topological polar surface area (TPSA) is 122 Å². The van der Waals surface area contributed by atoms with Crippen LogP contribution in [0.4, 0.5) is 11.6 Å². The molecule has 10 heteroatoms. The maximum atomic E-state index is 12.7. The van der Waals surface area contributed by atoms with E-state index >= 15 is 0 Å². The molecule has 0 spiro atoms. The standard InChI is InChI=1S/C24H22ClN7O2/c1-13-5-4-6-17-21(13)22(29-12-28-17)15-9-19(31-23(33)14(2)26-3)30-20(10-15)32-24(34)18-8-7-16(25)11-27-18/h4-12,14,26H,1-3H3,(H2,30,31,32,33,34). The molecule has 1 atom stereocenters. The lowest BCUT2D eigenvalue weighted by molar-refractivity contribution is -0.117. The Kier molecular flexibility index (Phi) is 6.76. The van der Waals surface area contributed by atoms with Crippen LogP contribution in [0, 0.1) is 6.92 Å². The molecule has 4 rings (SSSR count). The predicted octanol–water partition coefficient (Wildman–Crippen LogP) is 3.85. The van der Waals surface area contributed by atoms with Gasteiger partial charge in [0.05, 0.1) is 22.3 Å². The molecule has 0 fully saturated rings. The number of carbonyl (C=O) groups excluding carboxylic acids is 2. The summed E-state index contributed by atoms with van der Waals surface area (Å²) >= 11 is 5.87. The Labute approximate surface area is 201 Å². The monoisotopic (exact) mass is 475 g/mol. The molecule has 34 heavy (non-hydrogen) atoms. The van der Waals surface area contributed by atoms with E-state index in [1.165, 1.54) is 18.6 Å². The minimum atomic E-state index is -0.467. The van der Waals surface area contributed by atoms with E-state index < -0.39 is 11.9 Å². The average Bonchev–Trinajstić information content (AvgIpc) is 2.83. The number of benzene rings is 1. The molecule has 0 saturated heterocycles. The number of hydrogen-bond donors (Lipinski definition) is 3. The first-order valence-corrected chi connectivity index (χ1v) is 10.9. The lowest BCUT2D eigenvalue weighted by Crippen LogP contribution is -2.35. The van der Waals surface area contributed by atoms with Crippen molar-refractivity contribution in [2.75, 3.05) is 17.7 Å². The molecule has 0 aliphatic heterocycles. The van der Waals surface area contributed by atoms with E-state index in [2.05, 4.69) is 35.9 Å². The summed E-state index contributed by atoms with van der Waals surface area (Å²) in [5.41, 5.74) is 3.27. The van der Waals surface area contributed by atoms with Crippen LogP contribution < -0.4 is 16.0 Å². The van der Waals surface area contributed by atoms with Crippen LogP contribution in [0.2, 0.25) is 5.02 Å². The van der Waals surface area contributed by atoms with E-state index in [9.17, 15) is 9.59 Å². The zero-order valence-corrected chi connectivity index (χ0v) is 19.5. The minimum absolute atomic E-state index is 0.175. The maximum absolute atomic E-state index is 12.7. The van der Waals surface area contributed by atoms with Crippen molar-refractivity contribution in [3.8, 4) is 11.3 Å². The zero-order chi connectivity index (χ0) is 24.2. The molecule has 0 radical (unpaired) electrons. The van der Waals surface area contributed by atoms with Gasteiger partial charge in [-0.25, -0.2) is 19.9 Å². The van der Waals surface area contributed by atoms with Gasteiger partial charge in [0.25, 0.3) is 5.91 Å². The third-order valence-electron chi connectivity index (χ3n) is 5.25. The van der Waals surface area contributed by atoms with Crippen LogP contribution in [-0.4, -0.2) is 44.8 Å². The first kappa shape index (κ1) is 23.2. The van der Waals surface area contributed by atoms with Gasteiger partial charge < -0.3 is 16.0 Å². The van der Waals surface area contributed by atoms with E-state index in [-0.39, 0.29) is 23.2 Å². The fourth-order valence-corrected chi connectivity index (χ4v) is 3.46. The van der Waals surface area contributed by atoms with Gasteiger partial charge in [-0.2, -0.15) is 0 Å². The SMILES string of the molecule is CNC(C)C(=O)Nc1cc(-c2ncnc3cccc(C)c23)cc(NC(=O)c2ccc(Cl)cn2)n1. The molecule has 3 aromatic heterocycles. The van der Waals surface area contributed by atoms with Crippen molar-refractivity contribution in [1.29, 1.82) is 0 Å².